The number of pyridine rings is 6. The highest BCUT2D eigenvalue weighted by Crippen LogP contribution is 2.38. The minimum absolute atomic E-state index is 0.886. The molecule has 10 rings (SSSR count). The molecule has 0 amide bonds. The Bertz CT molecular complexity index is 2800. The van der Waals surface area contributed by atoms with Crippen molar-refractivity contribution < 1.29 is 0 Å². The van der Waals surface area contributed by atoms with Crippen LogP contribution in [0.1, 0.15) is 0 Å². The van der Waals surface area contributed by atoms with Gasteiger partial charge in [-0.15, -0.1) is 0 Å². The van der Waals surface area contributed by atoms with Gasteiger partial charge in [-0.25, -0.2) is 9.97 Å². The van der Waals surface area contributed by atoms with Gasteiger partial charge in [-0.05, 0) is 109 Å². The zero-order valence-corrected chi connectivity index (χ0v) is 29.5. The van der Waals surface area contributed by atoms with E-state index in [-0.39, 0.29) is 0 Å². The Labute approximate surface area is 317 Å². The van der Waals surface area contributed by atoms with Crippen LogP contribution in [0, 0.1) is 0 Å². The SMILES string of the molecule is c1cncc(-c2ccc(-c3ccc(-n4c5ccc(-c6cccc(-c7cccnc7)n6)cc5c5cc(-c6cccc(-c7cccnc7)n6)ccc54)cc3)cn2)c1. The van der Waals surface area contributed by atoms with Crippen molar-refractivity contribution in [1.82, 2.24) is 34.5 Å². The van der Waals surface area contributed by atoms with E-state index in [4.69, 9.17) is 15.0 Å². The number of nitrogens with zero attached hydrogens (tertiary/aromatic N) is 7. The van der Waals surface area contributed by atoms with Crippen LogP contribution in [0.15, 0.2) is 189 Å². The average Bonchev–Trinajstić information content (AvgIpc) is 3.60. The maximum Gasteiger partial charge on any atom is 0.0725 e. The molecule has 0 bridgehead atoms. The Hall–Kier alpha value is -7.64. The first kappa shape index (κ1) is 32.0. The van der Waals surface area contributed by atoms with Gasteiger partial charge in [0.2, 0.25) is 0 Å². The second-order valence-electron chi connectivity index (χ2n) is 13.3. The summed E-state index contributed by atoms with van der Waals surface area (Å²) in [5, 5.41) is 2.26. The van der Waals surface area contributed by atoms with Crippen molar-refractivity contribution in [3.05, 3.63) is 189 Å². The van der Waals surface area contributed by atoms with Gasteiger partial charge in [0.15, 0.2) is 0 Å². The van der Waals surface area contributed by atoms with Crippen LogP contribution >= 0.6 is 0 Å². The molecule has 0 atom stereocenters. The van der Waals surface area contributed by atoms with Crippen LogP contribution in [0.2, 0.25) is 0 Å². The summed E-state index contributed by atoms with van der Waals surface area (Å²) in [6, 6.07) is 50.3. The number of fused-ring (bicyclic) bond motifs is 3. The third kappa shape index (κ3) is 6.09. The molecule has 10 aromatic rings. The third-order valence-corrected chi connectivity index (χ3v) is 9.95. The predicted octanol–water partition coefficient (Wildman–Crippen LogP) is 11.2. The van der Waals surface area contributed by atoms with Crippen molar-refractivity contribution in [2.24, 2.45) is 0 Å². The highest BCUT2D eigenvalue weighted by Gasteiger charge is 2.16. The minimum Gasteiger partial charge on any atom is -0.309 e. The molecule has 55 heavy (non-hydrogen) atoms. The highest BCUT2D eigenvalue weighted by molar-refractivity contribution is 6.11. The van der Waals surface area contributed by atoms with Gasteiger partial charge in [0.25, 0.3) is 0 Å². The lowest BCUT2D eigenvalue weighted by molar-refractivity contribution is 1.18. The molecule has 0 N–H and O–H groups in total. The van der Waals surface area contributed by atoms with E-state index in [1.807, 2.05) is 79.4 Å². The molecule has 0 spiro atoms. The zero-order chi connectivity index (χ0) is 36.6. The summed E-state index contributed by atoms with van der Waals surface area (Å²) in [7, 11) is 0. The molecule has 0 saturated carbocycles. The van der Waals surface area contributed by atoms with Crippen LogP contribution in [0.4, 0.5) is 0 Å². The van der Waals surface area contributed by atoms with Crippen molar-refractivity contribution in [2.45, 2.75) is 0 Å². The molecule has 7 aromatic heterocycles. The molecule has 0 aliphatic heterocycles. The van der Waals surface area contributed by atoms with E-state index >= 15 is 0 Å². The highest BCUT2D eigenvalue weighted by atomic mass is 15.0. The lowest BCUT2D eigenvalue weighted by Gasteiger charge is -2.11. The van der Waals surface area contributed by atoms with Crippen molar-refractivity contribution in [3.63, 3.8) is 0 Å². The van der Waals surface area contributed by atoms with Crippen molar-refractivity contribution in [2.75, 3.05) is 0 Å². The molecule has 258 valence electrons. The first-order valence-corrected chi connectivity index (χ1v) is 18.1. The van der Waals surface area contributed by atoms with Crippen molar-refractivity contribution in [1.29, 1.82) is 0 Å². The lowest BCUT2D eigenvalue weighted by Crippen LogP contribution is -1.94. The molecule has 0 fully saturated rings. The first-order chi connectivity index (χ1) is 27.2. The Balaban J connectivity index is 1.09. The molecule has 0 aliphatic rings. The van der Waals surface area contributed by atoms with Gasteiger partial charge in [-0.1, -0.05) is 42.5 Å². The summed E-state index contributed by atoms with van der Waals surface area (Å²) in [4.78, 5) is 27.7. The topological polar surface area (TPSA) is 82.3 Å². The molecule has 0 saturated heterocycles. The average molecular weight is 706 g/mol. The normalized spacial score (nSPS) is 11.3. The standard InChI is InChI=1S/C48H31N7/c1-9-43(53-45(11-1)37-7-4-24-50-29-37)33-16-21-47-40(26-33)41-27-34(44-10-2-12-46(54-44)38-8-5-25-51-30-38)17-22-48(41)55(47)39-18-13-32(14-19-39)35-15-20-42(52-31-35)36-6-3-23-49-28-36/h1-31H. The molecule has 7 heterocycles. The minimum atomic E-state index is 0.886. The van der Waals surface area contributed by atoms with E-state index < -0.39 is 0 Å². The van der Waals surface area contributed by atoms with Gasteiger partial charge in [0.1, 0.15) is 0 Å². The summed E-state index contributed by atoms with van der Waals surface area (Å²) in [5.41, 5.74) is 14.9. The van der Waals surface area contributed by atoms with Crippen LogP contribution in [0.25, 0.3) is 94.9 Å². The fraction of sp³-hybridized carbons (Fsp3) is 0. The van der Waals surface area contributed by atoms with E-state index in [9.17, 15) is 0 Å². The third-order valence-electron chi connectivity index (χ3n) is 9.95. The Morgan fingerprint density at radius 1 is 0.327 bits per heavy atom. The maximum absolute atomic E-state index is 5.06. The Morgan fingerprint density at radius 3 is 1.24 bits per heavy atom. The van der Waals surface area contributed by atoms with Gasteiger partial charge in [-0.3, -0.25) is 19.9 Å². The smallest absolute Gasteiger partial charge is 0.0725 e. The molecule has 0 unspecified atom stereocenters. The monoisotopic (exact) mass is 705 g/mol. The van der Waals surface area contributed by atoms with Crippen molar-refractivity contribution in [3.8, 4) is 73.1 Å². The van der Waals surface area contributed by atoms with Crippen LogP contribution in [0.5, 0.6) is 0 Å². The van der Waals surface area contributed by atoms with E-state index in [1.165, 1.54) is 0 Å². The molecule has 7 nitrogen and oxygen atoms in total. The van der Waals surface area contributed by atoms with Gasteiger partial charge in [0.05, 0.1) is 39.5 Å². The van der Waals surface area contributed by atoms with Crippen LogP contribution in [-0.4, -0.2) is 34.5 Å². The maximum atomic E-state index is 5.06. The van der Waals surface area contributed by atoms with E-state index in [1.54, 1.807) is 18.6 Å². The second-order valence-corrected chi connectivity index (χ2v) is 13.3. The van der Waals surface area contributed by atoms with Crippen LogP contribution in [-0.2, 0) is 0 Å². The molecule has 0 aliphatic carbocycles. The van der Waals surface area contributed by atoms with E-state index in [0.717, 1.165) is 94.9 Å². The predicted molar refractivity (Wildman–Crippen MR) is 220 cm³/mol. The Kier molecular flexibility index (Phi) is 8.00. The van der Waals surface area contributed by atoms with Crippen LogP contribution in [0.3, 0.4) is 0 Å². The number of hydrogen-bond acceptors (Lipinski definition) is 6. The zero-order valence-electron chi connectivity index (χ0n) is 29.5. The van der Waals surface area contributed by atoms with Crippen LogP contribution < -0.4 is 0 Å². The summed E-state index contributed by atoms with van der Waals surface area (Å²) >= 11 is 0. The molecule has 3 aromatic carbocycles. The quantitative estimate of drug-likeness (QED) is 0.164. The number of benzene rings is 3. The lowest BCUT2D eigenvalue weighted by atomic mass is 10.0. The summed E-state index contributed by atoms with van der Waals surface area (Å²) < 4.78 is 2.34. The second kappa shape index (κ2) is 13.7. The molecular weight excluding hydrogens is 675 g/mol. The number of hydrogen-bond donors (Lipinski definition) is 0. The largest absolute Gasteiger partial charge is 0.309 e. The van der Waals surface area contributed by atoms with Gasteiger partial charge >= 0.3 is 0 Å². The molecular formula is C48H31N7. The summed E-state index contributed by atoms with van der Waals surface area (Å²) in [6.07, 6.45) is 12.8. The van der Waals surface area contributed by atoms with Gasteiger partial charge < -0.3 is 4.57 Å². The molecule has 7 heteroatoms. The fourth-order valence-corrected chi connectivity index (χ4v) is 7.21. The first-order valence-electron chi connectivity index (χ1n) is 18.1. The summed E-state index contributed by atoms with van der Waals surface area (Å²) in [6.45, 7) is 0. The summed E-state index contributed by atoms with van der Waals surface area (Å²) in [5.74, 6) is 0. The number of aromatic nitrogens is 7. The number of rotatable bonds is 7. The van der Waals surface area contributed by atoms with E-state index in [0.29, 0.717) is 0 Å². The van der Waals surface area contributed by atoms with Crippen molar-refractivity contribution >= 4 is 21.8 Å². The Morgan fingerprint density at radius 2 is 0.782 bits per heavy atom. The van der Waals surface area contributed by atoms with E-state index in [2.05, 4.69) is 111 Å². The van der Waals surface area contributed by atoms with Gasteiger partial charge in [0, 0.05) is 93.2 Å². The molecule has 0 radical (unpaired) electrons. The van der Waals surface area contributed by atoms with Gasteiger partial charge in [-0.2, -0.15) is 0 Å². The fourth-order valence-electron chi connectivity index (χ4n) is 7.21.